The highest BCUT2D eigenvalue weighted by molar-refractivity contribution is 5.92. The van der Waals surface area contributed by atoms with Gasteiger partial charge in [-0.3, -0.25) is 10.1 Å². The third-order valence-electron chi connectivity index (χ3n) is 6.09. The molecule has 0 amide bonds. The minimum atomic E-state index is -0.784. The summed E-state index contributed by atoms with van der Waals surface area (Å²) in [6, 6.07) is 19.2. The maximum absolute atomic E-state index is 16.0. The van der Waals surface area contributed by atoms with Crippen molar-refractivity contribution in [3.63, 3.8) is 0 Å². The molecular weight excluding hydrogens is 431 g/mol. The molecule has 0 radical (unpaired) electrons. The highest BCUT2D eigenvalue weighted by Crippen LogP contribution is 2.43. The lowest BCUT2D eigenvalue weighted by Gasteiger charge is -2.21. The first-order chi connectivity index (χ1) is 16.2. The van der Waals surface area contributed by atoms with Crippen LogP contribution in [0.2, 0.25) is 0 Å². The second-order valence-corrected chi connectivity index (χ2v) is 9.04. The van der Waals surface area contributed by atoms with Crippen LogP contribution >= 0.6 is 0 Å². The van der Waals surface area contributed by atoms with Crippen molar-refractivity contribution in [3.05, 3.63) is 93.8 Å². The summed E-state index contributed by atoms with van der Waals surface area (Å²) in [6.45, 7) is 8.11. The monoisotopic (exact) mass is 458 g/mol. The molecule has 4 aromatic rings. The zero-order chi connectivity index (χ0) is 24.6. The smallest absolute Gasteiger partial charge is 0.295 e. The number of para-hydroxylation sites is 1. The molecule has 0 aromatic heterocycles. The topological polar surface area (TPSA) is 75.4 Å². The molecule has 0 bridgehead atoms. The fourth-order valence-electron chi connectivity index (χ4n) is 4.31. The first kappa shape index (κ1) is 23.2. The Morgan fingerprint density at radius 1 is 0.824 bits per heavy atom. The van der Waals surface area contributed by atoms with Crippen molar-refractivity contribution in [2.45, 2.75) is 39.5 Å². The van der Waals surface area contributed by atoms with Crippen molar-refractivity contribution in [3.8, 4) is 16.9 Å². The van der Waals surface area contributed by atoms with Gasteiger partial charge in [-0.2, -0.15) is 0 Å². The van der Waals surface area contributed by atoms with Crippen molar-refractivity contribution in [1.29, 1.82) is 0 Å². The second-order valence-electron chi connectivity index (χ2n) is 9.04. The van der Waals surface area contributed by atoms with Gasteiger partial charge in [-0.25, -0.2) is 4.39 Å². The Bertz CT molecular complexity index is 1370. The molecule has 6 heteroatoms. The summed E-state index contributed by atoms with van der Waals surface area (Å²) in [7, 11) is 0. The quantitative estimate of drug-likeness (QED) is 0.225. The zero-order valence-corrected chi connectivity index (χ0v) is 19.6. The van der Waals surface area contributed by atoms with Gasteiger partial charge in [0.05, 0.1) is 4.92 Å². The lowest BCUT2D eigenvalue weighted by atomic mass is 9.92. The zero-order valence-electron chi connectivity index (χ0n) is 19.6. The molecule has 0 atom stereocenters. The number of anilines is 2. The lowest BCUT2D eigenvalue weighted by molar-refractivity contribution is -0.384. The summed E-state index contributed by atoms with van der Waals surface area (Å²) in [5.74, 6) is -0.636. The van der Waals surface area contributed by atoms with Crippen LogP contribution in [0.15, 0.2) is 66.7 Å². The van der Waals surface area contributed by atoms with Gasteiger partial charge < -0.3 is 10.4 Å². The number of fused-ring (bicyclic) bond motifs is 1. The van der Waals surface area contributed by atoms with Crippen molar-refractivity contribution < 1.29 is 14.4 Å². The molecule has 2 N–H and O–H groups in total. The van der Waals surface area contributed by atoms with Crippen molar-refractivity contribution >= 4 is 27.8 Å². The van der Waals surface area contributed by atoms with E-state index < -0.39 is 10.7 Å². The van der Waals surface area contributed by atoms with Crippen LogP contribution in [0.1, 0.15) is 50.7 Å². The Kier molecular flexibility index (Phi) is 6.24. The van der Waals surface area contributed by atoms with Crippen molar-refractivity contribution in [2.75, 3.05) is 5.32 Å². The van der Waals surface area contributed by atoms with E-state index >= 15 is 4.39 Å². The number of halogens is 1. The van der Waals surface area contributed by atoms with E-state index in [1.807, 2.05) is 70.2 Å². The van der Waals surface area contributed by atoms with Crippen molar-refractivity contribution in [2.24, 2.45) is 0 Å². The summed E-state index contributed by atoms with van der Waals surface area (Å²) >= 11 is 0. The molecule has 5 nitrogen and oxygen atoms in total. The number of rotatable bonds is 6. The Hall–Kier alpha value is -3.93. The molecule has 34 heavy (non-hydrogen) atoms. The molecule has 4 aromatic carbocycles. The van der Waals surface area contributed by atoms with Crippen LogP contribution < -0.4 is 5.32 Å². The Balaban J connectivity index is 1.95. The molecule has 0 saturated heterocycles. The number of hydrogen-bond acceptors (Lipinski definition) is 4. The van der Waals surface area contributed by atoms with E-state index in [4.69, 9.17) is 0 Å². The number of benzene rings is 4. The van der Waals surface area contributed by atoms with E-state index in [1.165, 1.54) is 12.1 Å². The average Bonchev–Trinajstić information content (AvgIpc) is 2.79. The number of aromatic hydroxyl groups is 1. The van der Waals surface area contributed by atoms with Crippen LogP contribution in [-0.4, -0.2) is 10.0 Å². The molecule has 174 valence electrons. The molecule has 0 aliphatic rings. The lowest BCUT2D eigenvalue weighted by Crippen LogP contribution is -2.07. The van der Waals surface area contributed by atoms with Crippen molar-refractivity contribution in [1.82, 2.24) is 0 Å². The fourth-order valence-corrected chi connectivity index (χ4v) is 4.31. The SMILES string of the molecule is CC(C)c1cccc(C(C)C)c1Nc1c([N+](=O)[O-])ccc(-c2cc3ccccc3cc2O)c1F. The van der Waals surface area contributed by atoms with E-state index in [9.17, 15) is 15.2 Å². The number of hydrogen-bond donors (Lipinski definition) is 2. The summed E-state index contributed by atoms with van der Waals surface area (Å²) in [5.41, 5.74) is 2.34. The summed E-state index contributed by atoms with van der Waals surface area (Å²) < 4.78 is 16.0. The minimum absolute atomic E-state index is 0.0875. The Labute approximate surface area is 198 Å². The van der Waals surface area contributed by atoms with Crippen LogP contribution in [0, 0.1) is 15.9 Å². The van der Waals surface area contributed by atoms with Gasteiger partial charge in [-0.05, 0) is 51.9 Å². The first-order valence-corrected chi connectivity index (χ1v) is 11.3. The Morgan fingerprint density at radius 2 is 1.41 bits per heavy atom. The summed E-state index contributed by atoms with van der Waals surface area (Å²) in [6.07, 6.45) is 0. The minimum Gasteiger partial charge on any atom is -0.507 e. The number of nitro benzene ring substituents is 1. The first-order valence-electron chi connectivity index (χ1n) is 11.3. The van der Waals surface area contributed by atoms with Gasteiger partial charge in [-0.1, -0.05) is 70.2 Å². The third kappa shape index (κ3) is 4.19. The normalized spacial score (nSPS) is 11.4. The predicted molar refractivity (Wildman–Crippen MR) is 136 cm³/mol. The highest BCUT2D eigenvalue weighted by Gasteiger charge is 2.26. The molecule has 0 fully saturated rings. The second kappa shape index (κ2) is 9.14. The predicted octanol–water partition coefficient (Wildman–Crippen LogP) is 8.25. The van der Waals surface area contributed by atoms with Gasteiger partial charge in [0.15, 0.2) is 11.5 Å². The van der Waals surface area contributed by atoms with Crippen LogP contribution in [0.25, 0.3) is 21.9 Å². The van der Waals surface area contributed by atoms with Crippen LogP contribution in [-0.2, 0) is 0 Å². The van der Waals surface area contributed by atoms with Gasteiger partial charge in [0, 0.05) is 22.9 Å². The molecule has 0 aliphatic heterocycles. The maximum atomic E-state index is 16.0. The number of nitrogens with zero attached hydrogens (tertiary/aromatic N) is 1. The molecular formula is C28H27FN2O3. The molecule has 0 unspecified atom stereocenters. The van der Waals surface area contributed by atoms with E-state index in [0.717, 1.165) is 21.9 Å². The van der Waals surface area contributed by atoms with E-state index in [2.05, 4.69) is 5.32 Å². The third-order valence-corrected chi connectivity index (χ3v) is 6.09. The average molecular weight is 459 g/mol. The number of phenolic OH excluding ortho intramolecular Hbond substituents is 1. The number of phenols is 1. The Morgan fingerprint density at radius 3 is 1.97 bits per heavy atom. The van der Waals surface area contributed by atoms with Gasteiger partial charge in [0.2, 0.25) is 0 Å². The van der Waals surface area contributed by atoms with Crippen LogP contribution in [0.4, 0.5) is 21.5 Å². The molecule has 0 heterocycles. The molecule has 4 rings (SSSR count). The maximum Gasteiger partial charge on any atom is 0.295 e. The van der Waals surface area contributed by atoms with Gasteiger partial charge in [-0.15, -0.1) is 0 Å². The molecule has 0 aliphatic carbocycles. The molecule has 0 saturated carbocycles. The van der Waals surface area contributed by atoms with E-state index in [1.54, 1.807) is 12.1 Å². The molecule has 0 spiro atoms. The van der Waals surface area contributed by atoms with Gasteiger partial charge in [0.25, 0.3) is 5.69 Å². The van der Waals surface area contributed by atoms with E-state index in [0.29, 0.717) is 5.69 Å². The summed E-state index contributed by atoms with van der Waals surface area (Å²) in [4.78, 5) is 11.2. The van der Waals surface area contributed by atoms with Crippen LogP contribution in [0.3, 0.4) is 0 Å². The standard InChI is InChI=1S/C28H27FN2O3/c1-16(2)20-10-7-11-21(17(3)4)27(20)30-28-24(31(33)34)13-12-22(26(28)29)23-14-18-8-5-6-9-19(18)15-25(23)32/h5-17,30,32H,1-4H3. The van der Waals surface area contributed by atoms with Gasteiger partial charge in [0.1, 0.15) is 5.75 Å². The van der Waals surface area contributed by atoms with E-state index in [-0.39, 0.29) is 40.1 Å². The largest absolute Gasteiger partial charge is 0.507 e. The number of nitro groups is 1. The number of nitrogens with one attached hydrogen (secondary N) is 1. The fraction of sp³-hybridized carbons (Fsp3) is 0.214. The highest BCUT2D eigenvalue weighted by atomic mass is 19.1. The summed E-state index contributed by atoms with van der Waals surface area (Å²) in [5, 5.41) is 27.2. The van der Waals surface area contributed by atoms with Gasteiger partial charge >= 0.3 is 0 Å². The van der Waals surface area contributed by atoms with Crippen LogP contribution in [0.5, 0.6) is 5.75 Å².